The predicted molar refractivity (Wildman–Crippen MR) is 71.3 cm³/mol. The second-order valence-electron chi connectivity index (χ2n) is 5.65. The lowest BCUT2D eigenvalue weighted by atomic mass is 9.99. The van der Waals surface area contributed by atoms with Crippen molar-refractivity contribution in [2.75, 3.05) is 20.1 Å². The van der Waals surface area contributed by atoms with Crippen molar-refractivity contribution in [3.8, 4) is 0 Å². The molecule has 0 amide bonds. The molecule has 0 aromatic carbocycles. The quantitative estimate of drug-likeness (QED) is 0.683. The van der Waals surface area contributed by atoms with E-state index in [9.17, 15) is 9.90 Å². The molecule has 0 aromatic heterocycles. The molecule has 0 saturated carbocycles. The van der Waals surface area contributed by atoms with Crippen LogP contribution in [-0.2, 0) is 4.79 Å². The summed E-state index contributed by atoms with van der Waals surface area (Å²) in [5, 5.41) is 12.5. The van der Waals surface area contributed by atoms with E-state index in [1.165, 1.54) is 0 Å². The highest BCUT2D eigenvalue weighted by atomic mass is 16.4. The zero-order valence-corrected chi connectivity index (χ0v) is 12.1. The van der Waals surface area contributed by atoms with Crippen LogP contribution in [0.2, 0.25) is 0 Å². The number of carboxylic acid groups (broad SMARTS) is 1. The van der Waals surface area contributed by atoms with Crippen LogP contribution in [0.5, 0.6) is 0 Å². The van der Waals surface area contributed by atoms with Gasteiger partial charge in [0.2, 0.25) is 0 Å². The Hall–Kier alpha value is -0.610. The zero-order valence-electron chi connectivity index (χ0n) is 12.1. The summed E-state index contributed by atoms with van der Waals surface area (Å²) in [5.74, 6) is -0.195. The van der Waals surface area contributed by atoms with E-state index in [0.717, 1.165) is 13.0 Å². The van der Waals surface area contributed by atoms with Crippen LogP contribution in [0.15, 0.2) is 0 Å². The molecule has 0 heterocycles. The first-order valence-electron chi connectivity index (χ1n) is 6.41. The van der Waals surface area contributed by atoms with Crippen molar-refractivity contribution in [3.05, 3.63) is 0 Å². The summed E-state index contributed by atoms with van der Waals surface area (Å²) in [6.07, 6.45) is 1.12. The molecule has 4 heteroatoms. The third-order valence-electron chi connectivity index (χ3n) is 2.99. The summed E-state index contributed by atoms with van der Waals surface area (Å²) >= 11 is 0. The molecule has 0 aliphatic rings. The summed E-state index contributed by atoms with van der Waals surface area (Å²) in [6.45, 7) is 11.5. The predicted octanol–water partition coefficient (Wildman–Crippen LogP) is 1.81. The molecule has 2 N–H and O–H groups in total. The number of hydrogen-bond acceptors (Lipinski definition) is 3. The molecule has 0 bridgehead atoms. The van der Waals surface area contributed by atoms with Crippen LogP contribution in [0.3, 0.4) is 0 Å². The van der Waals surface area contributed by atoms with Gasteiger partial charge in [-0.05, 0) is 33.7 Å². The first-order chi connectivity index (χ1) is 7.71. The molecule has 0 saturated heterocycles. The van der Waals surface area contributed by atoms with E-state index < -0.39 is 11.5 Å². The molecule has 102 valence electrons. The fourth-order valence-electron chi connectivity index (χ4n) is 2.08. The first-order valence-corrected chi connectivity index (χ1v) is 6.41. The highest BCUT2D eigenvalue weighted by Crippen LogP contribution is 2.10. The van der Waals surface area contributed by atoms with Gasteiger partial charge in [-0.15, -0.1) is 0 Å². The van der Waals surface area contributed by atoms with Crippen LogP contribution in [0.25, 0.3) is 0 Å². The monoisotopic (exact) mass is 244 g/mol. The smallest absolute Gasteiger partial charge is 0.324 e. The number of hydrogen-bond donors (Lipinski definition) is 2. The second kappa shape index (κ2) is 6.97. The minimum absolute atomic E-state index is 0.160. The first kappa shape index (κ1) is 16.4. The molecule has 0 radical (unpaired) electrons. The molecule has 0 spiro atoms. The van der Waals surface area contributed by atoms with Crippen molar-refractivity contribution in [1.29, 1.82) is 0 Å². The zero-order chi connectivity index (χ0) is 13.6. The fourth-order valence-corrected chi connectivity index (χ4v) is 2.08. The highest BCUT2D eigenvalue weighted by Gasteiger charge is 2.34. The SMILES string of the molecule is CCC(C)CN(C)CC(C)(NC(C)C)C(=O)O. The van der Waals surface area contributed by atoms with Gasteiger partial charge in [-0.2, -0.15) is 0 Å². The molecular formula is C13H28N2O2. The number of carbonyl (C=O) groups is 1. The van der Waals surface area contributed by atoms with Gasteiger partial charge >= 0.3 is 5.97 Å². The lowest BCUT2D eigenvalue weighted by Gasteiger charge is -2.33. The molecule has 17 heavy (non-hydrogen) atoms. The lowest BCUT2D eigenvalue weighted by Crippen LogP contribution is -2.58. The van der Waals surface area contributed by atoms with E-state index in [1.54, 1.807) is 6.92 Å². The van der Waals surface area contributed by atoms with E-state index in [4.69, 9.17) is 0 Å². The summed E-state index contributed by atoms with van der Waals surface area (Å²) in [7, 11) is 1.98. The number of rotatable bonds is 8. The van der Waals surface area contributed by atoms with Crippen LogP contribution in [-0.4, -0.2) is 47.7 Å². The molecule has 0 rings (SSSR count). The molecule has 0 aliphatic heterocycles. The fraction of sp³-hybridized carbons (Fsp3) is 0.923. The van der Waals surface area contributed by atoms with Gasteiger partial charge in [-0.1, -0.05) is 20.3 Å². The van der Waals surface area contributed by atoms with Gasteiger partial charge in [0.1, 0.15) is 5.54 Å². The average molecular weight is 244 g/mol. The Balaban J connectivity index is 4.49. The maximum atomic E-state index is 11.4. The standard InChI is InChI=1S/C13H28N2O2/c1-7-11(4)8-15(6)9-13(5,12(16)17)14-10(2)3/h10-11,14H,7-9H2,1-6H3,(H,16,17). The van der Waals surface area contributed by atoms with Crippen LogP contribution in [0.1, 0.15) is 41.0 Å². The van der Waals surface area contributed by atoms with Crippen molar-refractivity contribution in [2.45, 2.75) is 52.6 Å². The van der Waals surface area contributed by atoms with Crippen molar-refractivity contribution >= 4 is 5.97 Å². The third-order valence-corrected chi connectivity index (χ3v) is 2.99. The third kappa shape index (κ3) is 6.03. The summed E-state index contributed by atoms with van der Waals surface area (Å²) in [6, 6.07) is 0.160. The Morgan fingerprint density at radius 2 is 1.94 bits per heavy atom. The Morgan fingerprint density at radius 3 is 2.29 bits per heavy atom. The highest BCUT2D eigenvalue weighted by molar-refractivity contribution is 5.78. The number of nitrogens with zero attached hydrogens (tertiary/aromatic N) is 1. The average Bonchev–Trinajstić information content (AvgIpc) is 2.15. The van der Waals surface area contributed by atoms with Crippen LogP contribution in [0.4, 0.5) is 0 Å². The maximum absolute atomic E-state index is 11.4. The van der Waals surface area contributed by atoms with Crippen LogP contribution in [0, 0.1) is 5.92 Å². The van der Waals surface area contributed by atoms with Gasteiger partial charge in [-0.3, -0.25) is 10.1 Å². The Labute approximate surface area is 105 Å². The van der Waals surface area contributed by atoms with Gasteiger partial charge in [0, 0.05) is 19.1 Å². The van der Waals surface area contributed by atoms with Gasteiger partial charge < -0.3 is 10.0 Å². The van der Waals surface area contributed by atoms with Gasteiger partial charge in [-0.25, -0.2) is 0 Å². The normalized spacial score (nSPS) is 17.2. The second-order valence-corrected chi connectivity index (χ2v) is 5.65. The number of likely N-dealkylation sites (N-methyl/N-ethyl adjacent to an activating group) is 1. The van der Waals surface area contributed by atoms with Gasteiger partial charge in [0.15, 0.2) is 0 Å². The van der Waals surface area contributed by atoms with Crippen molar-refractivity contribution in [3.63, 3.8) is 0 Å². The van der Waals surface area contributed by atoms with E-state index in [2.05, 4.69) is 24.1 Å². The topological polar surface area (TPSA) is 52.6 Å². The molecule has 0 aromatic rings. The summed E-state index contributed by atoms with van der Waals surface area (Å²) in [4.78, 5) is 13.5. The molecular weight excluding hydrogens is 216 g/mol. The number of aliphatic carboxylic acids is 1. The van der Waals surface area contributed by atoms with E-state index in [0.29, 0.717) is 12.5 Å². The van der Waals surface area contributed by atoms with Crippen molar-refractivity contribution in [2.24, 2.45) is 5.92 Å². The Bertz CT molecular complexity index is 244. The van der Waals surface area contributed by atoms with Gasteiger partial charge in [0.25, 0.3) is 0 Å². The summed E-state index contributed by atoms with van der Waals surface area (Å²) in [5.41, 5.74) is -0.879. The molecule has 0 aliphatic carbocycles. The van der Waals surface area contributed by atoms with Crippen LogP contribution >= 0.6 is 0 Å². The Morgan fingerprint density at radius 1 is 1.41 bits per heavy atom. The Kier molecular flexibility index (Phi) is 6.72. The number of nitrogens with one attached hydrogen (secondary N) is 1. The maximum Gasteiger partial charge on any atom is 0.324 e. The molecule has 2 atom stereocenters. The molecule has 2 unspecified atom stereocenters. The van der Waals surface area contributed by atoms with E-state index in [-0.39, 0.29) is 6.04 Å². The number of carboxylic acids is 1. The largest absolute Gasteiger partial charge is 0.480 e. The summed E-state index contributed by atoms with van der Waals surface area (Å²) < 4.78 is 0. The molecule has 0 fully saturated rings. The minimum atomic E-state index is -0.879. The van der Waals surface area contributed by atoms with Crippen molar-refractivity contribution < 1.29 is 9.90 Å². The van der Waals surface area contributed by atoms with E-state index >= 15 is 0 Å². The van der Waals surface area contributed by atoms with Crippen LogP contribution < -0.4 is 5.32 Å². The van der Waals surface area contributed by atoms with Gasteiger partial charge in [0.05, 0.1) is 0 Å². The van der Waals surface area contributed by atoms with E-state index in [1.807, 2.05) is 20.9 Å². The van der Waals surface area contributed by atoms with Crippen molar-refractivity contribution in [1.82, 2.24) is 10.2 Å². The molecule has 4 nitrogen and oxygen atoms in total. The minimum Gasteiger partial charge on any atom is -0.480 e. The lowest BCUT2D eigenvalue weighted by molar-refractivity contribution is -0.145.